The van der Waals surface area contributed by atoms with Crippen LogP contribution in [0.25, 0.3) is 11.5 Å². The van der Waals surface area contributed by atoms with E-state index in [0.717, 1.165) is 17.9 Å². The Morgan fingerprint density at radius 2 is 1.78 bits per heavy atom. The maximum atomic E-state index is 12.7. The highest BCUT2D eigenvalue weighted by Gasteiger charge is 2.34. The Kier molecular flexibility index (Phi) is 6.14. The van der Waals surface area contributed by atoms with Gasteiger partial charge in [0.15, 0.2) is 0 Å². The lowest BCUT2D eigenvalue weighted by Gasteiger charge is -2.37. The van der Waals surface area contributed by atoms with Gasteiger partial charge < -0.3 is 14.1 Å². The van der Waals surface area contributed by atoms with Crippen molar-refractivity contribution in [3.05, 3.63) is 60.0 Å². The lowest BCUT2D eigenvalue weighted by molar-refractivity contribution is 0.0623. The molecule has 0 saturated carbocycles. The lowest BCUT2D eigenvalue weighted by atomic mass is 10.2. The number of rotatable bonds is 7. The van der Waals surface area contributed by atoms with Crippen LogP contribution in [0.4, 0.5) is 0 Å². The molecule has 2 aromatic carbocycles. The zero-order valence-electron chi connectivity index (χ0n) is 18.1. The molecule has 0 N–H and O–H groups in total. The first-order valence-corrected chi connectivity index (χ1v) is 11.8. The van der Waals surface area contributed by atoms with Crippen molar-refractivity contribution in [3.8, 4) is 17.2 Å². The summed E-state index contributed by atoms with van der Waals surface area (Å²) >= 11 is 1.82. The van der Waals surface area contributed by atoms with Crippen LogP contribution in [-0.2, 0) is 6.54 Å². The van der Waals surface area contributed by atoms with Crippen LogP contribution in [0, 0.1) is 0 Å². The first-order chi connectivity index (χ1) is 15.7. The summed E-state index contributed by atoms with van der Waals surface area (Å²) in [5.74, 6) is 0.895. The Morgan fingerprint density at radius 3 is 2.47 bits per heavy atom. The number of aromatic nitrogens is 2. The molecule has 3 heterocycles. The van der Waals surface area contributed by atoms with Crippen molar-refractivity contribution in [2.45, 2.75) is 29.5 Å². The molecule has 8 heteroatoms. The third-order valence-corrected chi connectivity index (χ3v) is 7.09. The van der Waals surface area contributed by atoms with Crippen molar-refractivity contribution in [2.24, 2.45) is 0 Å². The van der Waals surface area contributed by atoms with E-state index in [1.165, 1.54) is 36.4 Å². The smallest absolute Gasteiger partial charge is 0.311 e. The quantitative estimate of drug-likeness (QED) is 0.540. The molecule has 0 aliphatic carbocycles. The Bertz CT molecular complexity index is 1060. The van der Waals surface area contributed by atoms with Crippen LogP contribution in [0.3, 0.4) is 0 Å². The number of ether oxygens (including phenoxy) is 1. The van der Waals surface area contributed by atoms with Gasteiger partial charge in [0.1, 0.15) is 5.75 Å². The standard InChI is InChI=1S/C24H26N4O3S/c1-30-19-8-6-18(7-9-19)22-25-26-23(31-22)24(29)28-15-21(16-28)32-20-10-4-17(5-11-20)14-27-12-2-3-13-27/h4-11,21H,2-3,12-16H2,1H3. The summed E-state index contributed by atoms with van der Waals surface area (Å²) in [6, 6.07) is 16.1. The Hall–Kier alpha value is -2.84. The monoisotopic (exact) mass is 450 g/mol. The van der Waals surface area contributed by atoms with Crippen LogP contribution in [0.2, 0.25) is 0 Å². The van der Waals surface area contributed by atoms with E-state index in [1.807, 2.05) is 36.0 Å². The molecule has 166 valence electrons. The number of amides is 1. The number of carbonyl (C=O) groups is 1. The molecule has 1 aromatic heterocycles. The molecule has 0 spiro atoms. The summed E-state index contributed by atoms with van der Waals surface area (Å²) in [7, 11) is 1.61. The number of hydrogen-bond acceptors (Lipinski definition) is 7. The van der Waals surface area contributed by atoms with Gasteiger partial charge in [-0.05, 0) is 67.9 Å². The summed E-state index contributed by atoms with van der Waals surface area (Å²) < 4.78 is 10.8. The number of thioether (sulfide) groups is 1. The van der Waals surface area contributed by atoms with Crippen molar-refractivity contribution in [2.75, 3.05) is 33.3 Å². The molecule has 2 fully saturated rings. The van der Waals surface area contributed by atoms with E-state index in [4.69, 9.17) is 9.15 Å². The number of methoxy groups -OCH3 is 1. The van der Waals surface area contributed by atoms with Gasteiger partial charge in [-0.25, -0.2) is 0 Å². The highest BCUT2D eigenvalue weighted by Crippen LogP contribution is 2.31. The van der Waals surface area contributed by atoms with Gasteiger partial charge >= 0.3 is 11.8 Å². The molecule has 5 rings (SSSR count). The van der Waals surface area contributed by atoms with Crippen molar-refractivity contribution in [1.82, 2.24) is 20.0 Å². The van der Waals surface area contributed by atoms with Crippen LogP contribution in [0.1, 0.15) is 29.1 Å². The van der Waals surface area contributed by atoms with Gasteiger partial charge in [0, 0.05) is 35.3 Å². The maximum Gasteiger partial charge on any atom is 0.311 e. The van der Waals surface area contributed by atoms with Crippen LogP contribution in [0.15, 0.2) is 57.8 Å². The zero-order chi connectivity index (χ0) is 21.9. The molecular weight excluding hydrogens is 424 g/mol. The van der Waals surface area contributed by atoms with Gasteiger partial charge in [-0.2, -0.15) is 0 Å². The highest BCUT2D eigenvalue weighted by atomic mass is 32.2. The normalized spacial score (nSPS) is 16.8. The Labute approximate surface area is 191 Å². The SMILES string of the molecule is COc1ccc(-c2nnc(C(=O)N3CC(Sc4ccc(CN5CCCC5)cc4)C3)o2)cc1. The molecule has 1 amide bonds. The van der Waals surface area contributed by atoms with Gasteiger partial charge in [0.25, 0.3) is 0 Å². The van der Waals surface area contributed by atoms with Crippen molar-refractivity contribution < 1.29 is 13.9 Å². The van der Waals surface area contributed by atoms with E-state index in [0.29, 0.717) is 24.2 Å². The molecule has 0 bridgehead atoms. The summed E-state index contributed by atoms with van der Waals surface area (Å²) in [5, 5.41) is 8.35. The number of nitrogens with zero attached hydrogens (tertiary/aromatic N) is 4. The van der Waals surface area contributed by atoms with E-state index < -0.39 is 0 Å². The third kappa shape index (κ3) is 4.66. The van der Waals surface area contributed by atoms with E-state index in [-0.39, 0.29) is 11.8 Å². The fourth-order valence-corrected chi connectivity index (χ4v) is 5.23. The summed E-state index contributed by atoms with van der Waals surface area (Å²) in [4.78, 5) is 18.2. The molecule has 7 nitrogen and oxygen atoms in total. The van der Waals surface area contributed by atoms with Gasteiger partial charge in [0.05, 0.1) is 7.11 Å². The molecule has 32 heavy (non-hydrogen) atoms. The topological polar surface area (TPSA) is 71.7 Å². The van der Waals surface area contributed by atoms with Crippen LogP contribution in [-0.4, -0.2) is 64.4 Å². The average molecular weight is 451 g/mol. The number of benzene rings is 2. The van der Waals surface area contributed by atoms with Gasteiger partial charge in [0.2, 0.25) is 5.89 Å². The zero-order valence-corrected chi connectivity index (χ0v) is 18.9. The van der Waals surface area contributed by atoms with Crippen LogP contribution < -0.4 is 4.74 Å². The Morgan fingerprint density at radius 1 is 1.06 bits per heavy atom. The van der Waals surface area contributed by atoms with Gasteiger partial charge in [-0.15, -0.1) is 22.0 Å². The third-order valence-electron chi connectivity index (χ3n) is 5.91. The van der Waals surface area contributed by atoms with Gasteiger partial charge in [-0.1, -0.05) is 12.1 Å². The second-order valence-electron chi connectivity index (χ2n) is 8.22. The first-order valence-electron chi connectivity index (χ1n) is 10.9. The minimum atomic E-state index is -0.213. The molecular formula is C24H26N4O3S. The van der Waals surface area contributed by atoms with E-state index in [1.54, 1.807) is 12.0 Å². The average Bonchev–Trinajstić information content (AvgIpc) is 3.49. The van der Waals surface area contributed by atoms with Gasteiger partial charge in [-0.3, -0.25) is 9.69 Å². The van der Waals surface area contributed by atoms with Crippen molar-refractivity contribution in [3.63, 3.8) is 0 Å². The molecule has 2 aliphatic heterocycles. The van der Waals surface area contributed by atoms with Crippen molar-refractivity contribution in [1.29, 1.82) is 0 Å². The molecule has 2 aliphatic rings. The molecule has 3 aromatic rings. The second-order valence-corrected chi connectivity index (χ2v) is 9.59. The fraction of sp³-hybridized carbons (Fsp3) is 0.375. The minimum Gasteiger partial charge on any atom is -0.497 e. The second kappa shape index (κ2) is 9.34. The molecule has 2 saturated heterocycles. The predicted octanol–water partition coefficient (Wildman–Crippen LogP) is 3.96. The van der Waals surface area contributed by atoms with Crippen LogP contribution in [0.5, 0.6) is 5.75 Å². The fourth-order valence-electron chi connectivity index (χ4n) is 4.04. The first kappa shape index (κ1) is 21.0. The molecule has 0 atom stereocenters. The number of likely N-dealkylation sites (tertiary alicyclic amines) is 2. The summed E-state index contributed by atoms with van der Waals surface area (Å²) in [5.41, 5.74) is 2.12. The van der Waals surface area contributed by atoms with E-state index >= 15 is 0 Å². The van der Waals surface area contributed by atoms with E-state index in [9.17, 15) is 4.79 Å². The summed E-state index contributed by atoms with van der Waals surface area (Å²) in [6.07, 6.45) is 2.63. The number of carbonyl (C=O) groups excluding carboxylic acids is 1. The van der Waals surface area contributed by atoms with Crippen LogP contribution >= 0.6 is 11.8 Å². The molecule has 0 radical (unpaired) electrons. The summed E-state index contributed by atoms with van der Waals surface area (Å²) in [6.45, 7) is 4.83. The maximum absolute atomic E-state index is 12.7. The number of hydrogen-bond donors (Lipinski definition) is 0. The Balaban J connectivity index is 1.12. The highest BCUT2D eigenvalue weighted by molar-refractivity contribution is 8.00. The minimum absolute atomic E-state index is 0.0329. The van der Waals surface area contributed by atoms with Crippen molar-refractivity contribution >= 4 is 17.7 Å². The largest absolute Gasteiger partial charge is 0.497 e. The molecule has 0 unspecified atom stereocenters. The predicted molar refractivity (Wildman–Crippen MR) is 123 cm³/mol. The van der Waals surface area contributed by atoms with E-state index in [2.05, 4.69) is 39.4 Å². The lowest BCUT2D eigenvalue weighted by Crippen LogP contribution is -2.52.